The number of aromatic amines is 1. The van der Waals surface area contributed by atoms with Crippen molar-refractivity contribution in [2.45, 2.75) is 12.5 Å². The lowest BCUT2D eigenvalue weighted by Gasteiger charge is -2.02. The van der Waals surface area contributed by atoms with Gasteiger partial charge in [0.1, 0.15) is 6.04 Å². The van der Waals surface area contributed by atoms with Gasteiger partial charge in [-0.05, 0) is 30.6 Å². The Bertz CT molecular complexity index is 617. The van der Waals surface area contributed by atoms with Gasteiger partial charge in [0.25, 0.3) is 5.56 Å². The Kier molecular flexibility index (Phi) is 6.68. The Balaban J connectivity index is 0.000000206. The van der Waals surface area contributed by atoms with Crippen LogP contribution in [0.4, 0.5) is 0 Å². The average molecular weight is 296 g/mol. The third kappa shape index (κ3) is 5.37. The summed E-state index contributed by atoms with van der Waals surface area (Å²) in [6, 6.07) is 2.83. The second-order valence-corrected chi connectivity index (χ2v) is 4.83. The van der Waals surface area contributed by atoms with Crippen molar-refractivity contribution in [2.75, 3.05) is 12.0 Å². The monoisotopic (exact) mass is 296 g/mol. The number of hydrogen-bond acceptors (Lipinski definition) is 6. The molecule has 2 heterocycles. The van der Waals surface area contributed by atoms with Crippen molar-refractivity contribution in [3.05, 3.63) is 34.9 Å². The van der Waals surface area contributed by atoms with Gasteiger partial charge in [-0.3, -0.25) is 9.59 Å². The van der Waals surface area contributed by atoms with Gasteiger partial charge in [-0.1, -0.05) is 0 Å². The summed E-state index contributed by atoms with van der Waals surface area (Å²) in [5.41, 5.74) is 6.22. The Hall–Kier alpha value is -1.93. The molecule has 0 spiro atoms. The van der Waals surface area contributed by atoms with E-state index in [0.29, 0.717) is 17.6 Å². The molecule has 0 fully saturated rings. The van der Waals surface area contributed by atoms with Gasteiger partial charge < -0.3 is 15.8 Å². The first-order chi connectivity index (χ1) is 9.54. The number of thioether (sulfide) groups is 1. The number of carboxylic acid groups (broad SMARTS) is 1. The molecule has 0 saturated carbocycles. The maximum Gasteiger partial charge on any atom is 0.320 e. The molecule has 0 bridgehead atoms. The minimum absolute atomic E-state index is 0.203. The van der Waals surface area contributed by atoms with Crippen LogP contribution >= 0.6 is 11.8 Å². The van der Waals surface area contributed by atoms with Crippen LogP contribution in [0.2, 0.25) is 0 Å². The predicted molar refractivity (Wildman–Crippen MR) is 78.8 cm³/mol. The van der Waals surface area contributed by atoms with Gasteiger partial charge in [0.05, 0.1) is 11.7 Å². The zero-order valence-electron chi connectivity index (χ0n) is 10.9. The number of hydrogen-bond donors (Lipinski definition) is 3. The first-order valence-corrected chi connectivity index (χ1v) is 7.21. The number of aliphatic carboxylic acids is 1. The lowest BCUT2D eigenvalue weighted by molar-refractivity contribution is -0.138. The molecule has 0 aliphatic rings. The number of rotatable bonds is 4. The lowest BCUT2D eigenvalue weighted by Crippen LogP contribution is -2.30. The minimum Gasteiger partial charge on any atom is -0.480 e. The number of fused-ring (bicyclic) bond motifs is 1. The largest absolute Gasteiger partial charge is 0.480 e. The number of nitrogens with two attached hydrogens (primary N) is 1. The molecule has 20 heavy (non-hydrogen) atoms. The third-order valence-electron chi connectivity index (χ3n) is 2.30. The van der Waals surface area contributed by atoms with E-state index in [1.807, 2.05) is 6.26 Å². The molecule has 0 aliphatic heterocycles. The van der Waals surface area contributed by atoms with E-state index in [4.69, 9.17) is 10.8 Å². The van der Waals surface area contributed by atoms with E-state index in [1.54, 1.807) is 30.1 Å². The van der Waals surface area contributed by atoms with Gasteiger partial charge in [0.2, 0.25) is 0 Å². The molecule has 4 N–H and O–H groups in total. The highest BCUT2D eigenvalue weighted by Gasteiger charge is 2.08. The van der Waals surface area contributed by atoms with Crippen LogP contribution in [0.25, 0.3) is 11.2 Å². The topological polar surface area (TPSA) is 122 Å². The predicted octanol–water partition coefficient (Wildman–Crippen LogP) is 0.469. The maximum absolute atomic E-state index is 10.7. The van der Waals surface area contributed by atoms with Crippen molar-refractivity contribution in [3.63, 3.8) is 0 Å². The average Bonchev–Trinajstić information content (AvgIpc) is 2.45. The lowest BCUT2D eigenvalue weighted by atomic mass is 10.2. The fourth-order valence-electron chi connectivity index (χ4n) is 1.25. The number of aromatic nitrogens is 3. The summed E-state index contributed by atoms with van der Waals surface area (Å²) in [6.45, 7) is 0. The summed E-state index contributed by atoms with van der Waals surface area (Å²) < 4.78 is 0. The summed E-state index contributed by atoms with van der Waals surface area (Å²) in [7, 11) is 0. The minimum atomic E-state index is -0.913. The van der Waals surface area contributed by atoms with Crippen LogP contribution in [0.5, 0.6) is 0 Å². The Morgan fingerprint density at radius 2 is 2.30 bits per heavy atom. The highest BCUT2D eigenvalue weighted by molar-refractivity contribution is 7.98. The van der Waals surface area contributed by atoms with Crippen molar-refractivity contribution >= 4 is 28.9 Å². The summed E-state index contributed by atoms with van der Waals surface area (Å²) in [5, 5.41) is 8.27. The van der Waals surface area contributed by atoms with Crippen molar-refractivity contribution < 1.29 is 9.90 Å². The summed E-state index contributed by atoms with van der Waals surface area (Å²) in [6.07, 6.45) is 5.33. The highest BCUT2D eigenvalue weighted by atomic mass is 32.2. The van der Waals surface area contributed by atoms with Crippen molar-refractivity contribution in [3.8, 4) is 0 Å². The molecule has 8 heteroatoms. The molecular formula is C12H16N4O3S. The number of pyridine rings is 1. The summed E-state index contributed by atoms with van der Waals surface area (Å²) in [4.78, 5) is 31.2. The zero-order chi connectivity index (χ0) is 15.0. The molecule has 0 radical (unpaired) electrons. The molecule has 108 valence electrons. The van der Waals surface area contributed by atoms with Gasteiger partial charge in [0.15, 0.2) is 5.65 Å². The van der Waals surface area contributed by atoms with Crippen LogP contribution in [0.1, 0.15) is 6.42 Å². The number of nitrogens with one attached hydrogen (secondary N) is 1. The maximum atomic E-state index is 10.7. The van der Waals surface area contributed by atoms with E-state index < -0.39 is 12.0 Å². The van der Waals surface area contributed by atoms with Gasteiger partial charge in [-0.15, -0.1) is 0 Å². The smallest absolute Gasteiger partial charge is 0.320 e. The molecule has 1 unspecified atom stereocenters. The van der Waals surface area contributed by atoms with E-state index in [1.165, 1.54) is 6.20 Å². The van der Waals surface area contributed by atoms with E-state index in [-0.39, 0.29) is 5.56 Å². The molecule has 2 aromatic rings. The van der Waals surface area contributed by atoms with Gasteiger partial charge in [0, 0.05) is 6.20 Å². The molecule has 0 aromatic carbocycles. The molecule has 0 amide bonds. The van der Waals surface area contributed by atoms with Crippen LogP contribution in [0, 0.1) is 0 Å². The number of carbonyl (C=O) groups is 1. The SMILES string of the molecule is CSCCC(N)C(=O)O.O=c1cnc2ncccc2[nH]1. The van der Waals surface area contributed by atoms with E-state index >= 15 is 0 Å². The van der Waals surface area contributed by atoms with Crippen LogP contribution < -0.4 is 11.3 Å². The third-order valence-corrected chi connectivity index (χ3v) is 2.94. The van der Waals surface area contributed by atoms with Crippen molar-refractivity contribution in [2.24, 2.45) is 5.73 Å². The zero-order valence-corrected chi connectivity index (χ0v) is 11.8. The number of nitrogens with zero attached hydrogens (tertiary/aromatic N) is 2. The standard InChI is InChI=1S/C7H5N3O.C5H11NO2S/c11-6-4-9-7-5(10-6)2-1-3-8-7;1-9-3-2-4(6)5(7)8/h1-4H,(H,10,11);4H,2-3,6H2,1H3,(H,7,8). The molecule has 0 saturated heterocycles. The molecule has 2 aromatic heterocycles. The summed E-state index contributed by atoms with van der Waals surface area (Å²) in [5.74, 6) is -0.1000. The van der Waals surface area contributed by atoms with Crippen molar-refractivity contribution in [1.29, 1.82) is 0 Å². The first-order valence-electron chi connectivity index (χ1n) is 5.82. The van der Waals surface area contributed by atoms with Crippen LogP contribution in [-0.4, -0.2) is 44.1 Å². The van der Waals surface area contributed by atoms with Gasteiger partial charge in [-0.2, -0.15) is 11.8 Å². The molecule has 1 atom stereocenters. The van der Waals surface area contributed by atoms with Crippen LogP contribution in [0.15, 0.2) is 29.3 Å². The van der Waals surface area contributed by atoms with Gasteiger partial charge >= 0.3 is 5.97 Å². The normalized spacial score (nSPS) is 11.5. The molecule has 2 rings (SSSR count). The van der Waals surface area contributed by atoms with Crippen LogP contribution in [-0.2, 0) is 4.79 Å². The van der Waals surface area contributed by atoms with E-state index in [2.05, 4.69) is 15.0 Å². The summed E-state index contributed by atoms with van der Waals surface area (Å²) >= 11 is 1.60. The van der Waals surface area contributed by atoms with E-state index in [0.717, 1.165) is 5.75 Å². The second kappa shape index (κ2) is 8.28. The molecular weight excluding hydrogens is 280 g/mol. The number of H-pyrrole nitrogens is 1. The quantitative estimate of drug-likeness (QED) is 0.749. The van der Waals surface area contributed by atoms with Crippen molar-refractivity contribution in [1.82, 2.24) is 15.0 Å². The van der Waals surface area contributed by atoms with E-state index in [9.17, 15) is 9.59 Å². The highest BCUT2D eigenvalue weighted by Crippen LogP contribution is 1.99. The molecule has 7 nitrogen and oxygen atoms in total. The second-order valence-electron chi connectivity index (χ2n) is 3.85. The fourth-order valence-corrected chi connectivity index (χ4v) is 1.74. The van der Waals surface area contributed by atoms with Crippen LogP contribution in [0.3, 0.4) is 0 Å². The fraction of sp³-hybridized carbons (Fsp3) is 0.333. The Morgan fingerprint density at radius 3 is 2.95 bits per heavy atom. The Morgan fingerprint density at radius 1 is 1.55 bits per heavy atom. The Labute approximate surface area is 119 Å². The number of carboxylic acids is 1. The first kappa shape index (κ1) is 16.1. The molecule has 0 aliphatic carbocycles. The van der Waals surface area contributed by atoms with Gasteiger partial charge in [-0.25, -0.2) is 9.97 Å².